The maximum atomic E-state index is 13.3. The maximum absolute atomic E-state index is 13.3. The molecule has 0 saturated heterocycles. The van der Waals surface area contributed by atoms with Crippen molar-refractivity contribution in [2.45, 2.75) is 17.1 Å². The normalized spacial score (nSPS) is 11.5. The van der Waals surface area contributed by atoms with Crippen molar-refractivity contribution in [2.75, 3.05) is 17.7 Å². The highest BCUT2D eigenvalue weighted by atomic mass is 32.2. The molecule has 0 aliphatic rings. The number of amides is 2. The number of nitrogens with zero attached hydrogens (tertiary/aromatic N) is 1. The fourth-order valence-electron chi connectivity index (χ4n) is 3.27. The number of benzene rings is 3. The molecule has 1 heterocycles. The van der Waals surface area contributed by atoms with Crippen LogP contribution in [0, 0.1) is 0 Å². The lowest BCUT2D eigenvalue weighted by atomic mass is 10.1. The molecular formula is C26H23N3O3S2. The summed E-state index contributed by atoms with van der Waals surface area (Å²) < 4.78 is 5.29. The molecule has 0 fully saturated rings. The van der Waals surface area contributed by atoms with E-state index in [4.69, 9.17) is 4.74 Å². The standard InChI is InChI=1S/C26H23N3O3S2/c1-17(30)27-20-11-13-22(14-12-20)34-24(18-7-4-3-5-8-18)25(31)29-26-28-23(16-33-26)19-9-6-10-21(15-19)32-2/h3-16,24H,1-2H3,(H,27,30)(H,28,29,31). The van der Waals surface area contributed by atoms with Crippen LogP contribution >= 0.6 is 23.1 Å². The van der Waals surface area contributed by atoms with Crippen molar-refractivity contribution in [3.63, 3.8) is 0 Å². The molecule has 0 aliphatic heterocycles. The second-order valence-corrected chi connectivity index (χ2v) is 9.41. The second kappa shape index (κ2) is 11.0. The molecule has 34 heavy (non-hydrogen) atoms. The Bertz CT molecular complexity index is 1270. The van der Waals surface area contributed by atoms with Crippen LogP contribution in [0.2, 0.25) is 0 Å². The highest BCUT2D eigenvalue weighted by Crippen LogP contribution is 2.37. The van der Waals surface area contributed by atoms with E-state index in [1.165, 1.54) is 30.0 Å². The zero-order chi connectivity index (χ0) is 23.9. The first kappa shape index (κ1) is 23.5. The molecule has 0 radical (unpaired) electrons. The number of methoxy groups -OCH3 is 1. The van der Waals surface area contributed by atoms with Crippen LogP contribution in [-0.4, -0.2) is 23.9 Å². The van der Waals surface area contributed by atoms with E-state index in [-0.39, 0.29) is 11.8 Å². The van der Waals surface area contributed by atoms with Crippen LogP contribution in [-0.2, 0) is 9.59 Å². The van der Waals surface area contributed by atoms with Gasteiger partial charge in [-0.25, -0.2) is 4.98 Å². The van der Waals surface area contributed by atoms with Crippen molar-refractivity contribution in [2.24, 2.45) is 0 Å². The van der Waals surface area contributed by atoms with Gasteiger partial charge in [0, 0.05) is 28.5 Å². The van der Waals surface area contributed by atoms with E-state index in [9.17, 15) is 9.59 Å². The molecule has 1 unspecified atom stereocenters. The summed E-state index contributed by atoms with van der Waals surface area (Å²) in [7, 11) is 1.63. The molecule has 0 saturated carbocycles. The molecule has 0 bridgehead atoms. The lowest BCUT2D eigenvalue weighted by molar-refractivity contribution is -0.116. The van der Waals surface area contributed by atoms with Gasteiger partial charge in [-0.3, -0.25) is 9.59 Å². The first-order valence-electron chi connectivity index (χ1n) is 10.5. The zero-order valence-corrected chi connectivity index (χ0v) is 20.3. The Balaban J connectivity index is 1.52. The number of anilines is 2. The number of nitrogens with one attached hydrogen (secondary N) is 2. The van der Waals surface area contributed by atoms with Gasteiger partial charge < -0.3 is 15.4 Å². The second-order valence-electron chi connectivity index (χ2n) is 7.37. The summed E-state index contributed by atoms with van der Waals surface area (Å²) in [5, 5.41) is 7.70. The van der Waals surface area contributed by atoms with Crippen LogP contribution in [0.4, 0.5) is 10.8 Å². The number of ether oxygens (including phenoxy) is 1. The third-order valence-electron chi connectivity index (χ3n) is 4.87. The first-order valence-corrected chi connectivity index (χ1v) is 12.3. The van der Waals surface area contributed by atoms with Crippen LogP contribution in [0.25, 0.3) is 11.3 Å². The first-order chi connectivity index (χ1) is 16.5. The van der Waals surface area contributed by atoms with Crippen LogP contribution in [0.1, 0.15) is 17.7 Å². The molecule has 2 N–H and O–H groups in total. The van der Waals surface area contributed by atoms with Gasteiger partial charge in [0.15, 0.2) is 5.13 Å². The molecule has 3 aromatic carbocycles. The third kappa shape index (κ3) is 6.03. The number of aromatic nitrogens is 1. The van der Waals surface area contributed by atoms with E-state index < -0.39 is 5.25 Å². The van der Waals surface area contributed by atoms with E-state index >= 15 is 0 Å². The lowest BCUT2D eigenvalue weighted by Crippen LogP contribution is -2.19. The predicted octanol–water partition coefficient (Wildman–Crippen LogP) is 6.25. The molecule has 172 valence electrons. The van der Waals surface area contributed by atoms with Gasteiger partial charge in [-0.1, -0.05) is 42.5 Å². The van der Waals surface area contributed by atoms with Crippen molar-refractivity contribution < 1.29 is 14.3 Å². The predicted molar refractivity (Wildman–Crippen MR) is 139 cm³/mol. The van der Waals surface area contributed by atoms with Gasteiger partial charge in [0.2, 0.25) is 11.8 Å². The molecule has 1 atom stereocenters. The van der Waals surface area contributed by atoms with E-state index in [1.54, 1.807) is 7.11 Å². The van der Waals surface area contributed by atoms with Gasteiger partial charge in [-0.05, 0) is 42.0 Å². The number of hydrogen-bond donors (Lipinski definition) is 2. The Morgan fingerprint density at radius 2 is 1.74 bits per heavy atom. The summed E-state index contributed by atoms with van der Waals surface area (Å²) in [5.74, 6) is 0.466. The molecule has 2 amide bonds. The Morgan fingerprint density at radius 1 is 0.971 bits per heavy atom. The minimum absolute atomic E-state index is 0.126. The third-order valence-corrected chi connectivity index (χ3v) is 6.89. The Labute approximate surface area is 206 Å². The highest BCUT2D eigenvalue weighted by Gasteiger charge is 2.23. The Morgan fingerprint density at radius 3 is 2.44 bits per heavy atom. The lowest BCUT2D eigenvalue weighted by Gasteiger charge is -2.16. The Hall–Kier alpha value is -3.62. The van der Waals surface area contributed by atoms with Gasteiger partial charge in [0.1, 0.15) is 11.0 Å². The minimum atomic E-state index is -0.475. The summed E-state index contributed by atoms with van der Waals surface area (Å²) in [6, 6.07) is 24.7. The minimum Gasteiger partial charge on any atom is -0.497 e. The number of hydrogen-bond acceptors (Lipinski definition) is 6. The summed E-state index contributed by atoms with van der Waals surface area (Å²) >= 11 is 2.82. The number of thiazole rings is 1. The van der Waals surface area contributed by atoms with Gasteiger partial charge in [0.05, 0.1) is 12.8 Å². The topological polar surface area (TPSA) is 80.3 Å². The summed E-state index contributed by atoms with van der Waals surface area (Å²) in [6.45, 7) is 1.47. The average Bonchev–Trinajstić information content (AvgIpc) is 3.32. The van der Waals surface area contributed by atoms with Crippen LogP contribution in [0.3, 0.4) is 0 Å². The molecule has 0 spiro atoms. The molecule has 1 aromatic heterocycles. The number of carbonyl (C=O) groups excluding carboxylic acids is 2. The van der Waals surface area contributed by atoms with E-state index in [2.05, 4.69) is 15.6 Å². The summed E-state index contributed by atoms with van der Waals surface area (Å²) in [5.41, 5.74) is 3.30. The van der Waals surface area contributed by atoms with Crippen molar-refractivity contribution in [1.82, 2.24) is 4.98 Å². The van der Waals surface area contributed by atoms with Crippen LogP contribution < -0.4 is 15.4 Å². The quantitative estimate of drug-likeness (QED) is 0.286. The van der Waals surface area contributed by atoms with Crippen LogP contribution in [0.5, 0.6) is 5.75 Å². The zero-order valence-electron chi connectivity index (χ0n) is 18.6. The van der Waals surface area contributed by atoms with Crippen LogP contribution in [0.15, 0.2) is 89.1 Å². The fraction of sp³-hybridized carbons (Fsp3) is 0.115. The average molecular weight is 490 g/mol. The van der Waals surface area contributed by atoms with Crippen molar-refractivity contribution in [3.8, 4) is 17.0 Å². The number of carbonyl (C=O) groups is 2. The van der Waals surface area contributed by atoms with Crippen molar-refractivity contribution in [1.29, 1.82) is 0 Å². The molecule has 4 rings (SSSR count). The highest BCUT2D eigenvalue weighted by molar-refractivity contribution is 8.00. The van der Waals surface area contributed by atoms with Gasteiger partial charge in [0.25, 0.3) is 0 Å². The SMILES string of the molecule is COc1cccc(-c2csc(NC(=O)C(Sc3ccc(NC(C)=O)cc3)c3ccccc3)n2)c1. The Kier molecular flexibility index (Phi) is 7.61. The summed E-state index contributed by atoms with van der Waals surface area (Å²) in [4.78, 5) is 30.1. The number of rotatable bonds is 8. The maximum Gasteiger partial charge on any atom is 0.244 e. The smallest absolute Gasteiger partial charge is 0.244 e. The molecule has 6 nitrogen and oxygen atoms in total. The molecule has 8 heteroatoms. The van der Waals surface area contributed by atoms with Crippen molar-refractivity contribution in [3.05, 3.63) is 89.8 Å². The fourth-order valence-corrected chi connectivity index (χ4v) is 5.02. The number of thioether (sulfide) groups is 1. The largest absolute Gasteiger partial charge is 0.497 e. The summed E-state index contributed by atoms with van der Waals surface area (Å²) in [6.07, 6.45) is 0. The molecular weight excluding hydrogens is 466 g/mol. The monoisotopic (exact) mass is 489 g/mol. The molecule has 4 aromatic rings. The van der Waals surface area contributed by atoms with Gasteiger partial charge in [-0.2, -0.15) is 0 Å². The van der Waals surface area contributed by atoms with Gasteiger partial charge in [-0.15, -0.1) is 23.1 Å². The van der Waals surface area contributed by atoms with E-state index in [0.29, 0.717) is 10.8 Å². The van der Waals surface area contributed by atoms with Crippen molar-refractivity contribution >= 4 is 45.7 Å². The molecule has 0 aliphatic carbocycles. The van der Waals surface area contributed by atoms with E-state index in [0.717, 1.165) is 27.5 Å². The van der Waals surface area contributed by atoms with E-state index in [1.807, 2.05) is 84.2 Å². The van der Waals surface area contributed by atoms with Gasteiger partial charge >= 0.3 is 0 Å².